The van der Waals surface area contributed by atoms with Crippen molar-refractivity contribution in [2.45, 2.75) is 13.8 Å². The molecule has 2 N–H and O–H groups in total. The Bertz CT molecular complexity index is 1190. The zero-order valence-corrected chi connectivity index (χ0v) is 14.8. The van der Waals surface area contributed by atoms with E-state index in [-0.39, 0.29) is 17.0 Å². The van der Waals surface area contributed by atoms with E-state index in [1.807, 2.05) is 32.0 Å². The molecule has 7 nitrogen and oxygen atoms in total. The van der Waals surface area contributed by atoms with Crippen molar-refractivity contribution in [3.8, 4) is 17.7 Å². The summed E-state index contributed by atoms with van der Waals surface area (Å²) in [5.74, 6) is -0.430. The molecular formula is C20H16N4O3. The van der Waals surface area contributed by atoms with Crippen molar-refractivity contribution in [2.75, 3.05) is 0 Å². The standard InChI is InChI=1S/C20H16N4O3/c1-12-6-3-4-8-16(12)27-19-15(10-14(11-21)17(22)25)20(26)24-9-5-7-13(2)18(24)23-19/h3-10H,1-2H3,(H2,22,25)/b14-10-. The SMILES string of the molecule is Cc1ccccc1Oc1nc2c(C)cccn2c(=O)c1/C=C(/C#N)C(N)=O. The van der Waals surface area contributed by atoms with Gasteiger partial charge in [0, 0.05) is 6.20 Å². The van der Waals surface area contributed by atoms with Crippen LogP contribution in [0.25, 0.3) is 11.7 Å². The van der Waals surface area contributed by atoms with Gasteiger partial charge in [-0.2, -0.15) is 10.2 Å². The molecule has 0 radical (unpaired) electrons. The number of pyridine rings is 1. The van der Waals surface area contributed by atoms with Crippen LogP contribution in [0.4, 0.5) is 0 Å². The number of nitriles is 1. The number of amides is 1. The summed E-state index contributed by atoms with van der Waals surface area (Å²) in [6, 6.07) is 12.5. The third kappa shape index (κ3) is 3.41. The first-order chi connectivity index (χ1) is 12.9. The molecule has 7 heteroatoms. The molecule has 1 amide bonds. The summed E-state index contributed by atoms with van der Waals surface area (Å²) in [4.78, 5) is 28.9. The number of primary amides is 1. The number of nitrogens with zero attached hydrogens (tertiary/aromatic N) is 3. The van der Waals surface area contributed by atoms with Gasteiger partial charge in [-0.3, -0.25) is 14.0 Å². The van der Waals surface area contributed by atoms with Crippen LogP contribution in [0.1, 0.15) is 16.7 Å². The normalized spacial score (nSPS) is 11.2. The molecule has 0 atom stereocenters. The van der Waals surface area contributed by atoms with Crippen LogP contribution in [0.2, 0.25) is 0 Å². The molecule has 3 rings (SSSR count). The van der Waals surface area contributed by atoms with Crippen molar-refractivity contribution < 1.29 is 9.53 Å². The highest BCUT2D eigenvalue weighted by molar-refractivity contribution is 6.00. The van der Waals surface area contributed by atoms with E-state index in [4.69, 9.17) is 15.7 Å². The topological polar surface area (TPSA) is 110 Å². The van der Waals surface area contributed by atoms with Gasteiger partial charge >= 0.3 is 0 Å². The van der Waals surface area contributed by atoms with E-state index in [0.29, 0.717) is 11.4 Å². The van der Waals surface area contributed by atoms with Crippen LogP contribution in [-0.4, -0.2) is 15.3 Å². The minimum Gasteiger partial charge on any atom is -0.438 e. The van der Waals surface area contributed by atoms with E-state index in [9.17, 15) is 9.59 Å². The third-order valence-corrected chi connectivity index (χ3v) is 4.02. The van der Waals surface area contributed by atoms with Gasteiger partial charge in [-0.05, 0) is 43.2 Å². The van der Waals surface area contributed by atoms with E-state index >= 15 is 0 Å². The Kier molecular flexibility index (Phi) is 4.73. The largest absolute Gasteiger partial charge is 0.438 e. The molecule has 0 spiro atoms. The smallest absolute Gasteiger partial charge is 0.269 e. The number of carbonyl (C=O) groups is 1. The predicted octanol–water partition coefficient (Wildman–Crippen LogP) is 2.50. The highest BCUT2D eigenvalue weighted by Crippen LogP contribution is 2.26. The maximum atomic E-state index is 13.0. The van der Waals surface area contributed by atoms with Crippen molar-refractivity contribution in [1.82, 2.24) is 9.38 Å². The van der Waals surface area contributed by atoms with Gasteiger partial charge in [0.15, 0.2) is 0 Å². The first-order valence-corrected chi connectivity index (χ1v) is 8.09. The lowest BCUT2D eigenvalue weighted by atomic mass is 10.1. The minimum atomic E-state index is -0.937. The molecule has 2 heterocycles. The average Bonchev–Trinajstić information content (AvgIpc) is 2.64. The fourth-order valence-electron chi connectivity index (χ4n) is 2.57. The summed E-state index contributed by atoms with van der Waals surface area (Å²) in [5, 5.41) is 9.14. The van der Waals surface area contributed by atoms with Gasteiger partial charge in [-0.25, -0.2) is 0 Å². The van der Waals surface area contributed by atoms with E-state index in [0.717, 1.165) is 17.2 Å². The Morgan fingerprint density at radius 3 is 2.59 bits per heavy atom. The molecule has 0 aliphatic rings. The predicted molar refractivity (Wildman–Crippen MR) is 100 cm³/mol. The van der Waals surface area contributed by atoms with Crippen LogP contribution in [0.3, 0.4) is 0 Å². The molecule has 0 saturated carbocycles. The zero-order chi connectivity index (χ0) is 19.6. The number of hydrogen-bond donors (Lipinski definition) is 1. The molecule has 0 unspecified atom stereocenters. The third-order valence-electron chi connectivity index (χ3n) is 4.02. The number of aromatic nitrogens is 2. The Morgan fingerprint density at radius 1 is 1.22 bits per heavy atom. The number of benzene rings is 1. The lowest BCUT2D eigenvalue weighted by Crippen LogP contribution is -2.20. The first-order valence-electron chi connectivity index (χ1n) is 8.09. The van der Waals surface area contributed by atoms with Crippen LogP contribution in [-0.2, 0) is 4.79 Å². The van der Waals surface area contributed by atoms with Crippen LogP contribution >= 0.6 is 0 Å². The maximum absolute atomic E-state index is 13.0. The molecule has 0 aliphatic carbocycles. The lowest BCUT2D eigenvalue weighted by molar-refractivity contribution is -0.114. The molecule has 0 bridgehead atoms. The van der Waals surface area contributed by atoms with Crippen molar-refractivity contribution in [3.05, 3.63) is 75.2 Å². The minimum absolute atomic E-state index is 0.00222. The van der Waals surface area contributed by atoms with E-state index in [1.54, 1.807) is 30.5 Å². The van der Waals surface area contributed by atoms with Crippen LogP contribution < -0.4 is 16.0 Å². The van der Waals surface area contributed by atoms with Crippen LogP contribution in [0.15, 0.2) is 53.0 Å². The van der Waals surface area contributed by atoms with Crippen molar-refractivity contribution in [3.63, 3.8) is 0 Å². The summed E-state index contributed by atoms with van der Waals surface area (Å²) in [7, 11) is 0. The van der Waals surface area contributed by atoms with Gasteiger partial charge in [-0.1, -0.05) is 24.3 Å². The van der Waals surface area contributed by atoms with Gasteiger partial charge in [0.1, 0.15) is 28.6 Å². The number of fused-ring (bicyclic) bond motifs is 1. The van der Waals surface area contributed by atoms with Gasteiger partial charge in [0.05, 0.1) is 0 Å². The van der Waals surface area contributed by atoms with Gasteiger partial charge in [0.25, 0.3) is 11.5 Å². The summed E-state index contributed by atoms with van der Waals surface area (Å²) in [5.41, 5.74) is 6.38. The van der Waals surface area contributed by atoms with E-state index in [2.05, 4.69) is 4.98 Å². The number of ether oxygens (including phenoxy) is 1. The monoisotopic (exact) mass is 360 g/mol. The molecule has 1 aromatic carbocycles. The lowest BCUT2D eigenvalue weighted by Gasteiger charge is -2.12. The molecule has 27 heavy (non-hydrogen) atoms. The van der Waals surface area contributed by atoms with Gasteiger partial charge < -0.3 is 10.5 Å². The molecule has 3 aromatic rings. The Balaban J connectivity index is 2.33. The molecule has 0 aliphatic heterocycles. The quantitative estimate of drug-likeness (QED) is 0.568. The number of hydrogen-bond acceptors (Lipinski definition) is 5. The Hall–Kier alpha value is -3.92. The summed E-state index contributed by atoms with van der Waals surface area (Å²) >= 11 is 0. The van der Waals surface area contributed by atoms with Crippen LogP contribution in [0, 0.1) is 25.2 Å². The van der Waals surface area contributed by atoms with Gasteiger partial charge in [0.2, 0.25) is 5.88 Å². The zero-order valence-electron chi connectivity index (χ0n) is 14.8. The highest BCUT2D eigenvalue weighted by atomic mass is 16.5. The van der Waals surface area contributed by atoms with Gasteiger partial charge in [-0.15, -0.1) is 0 Å². The first kappa shape index (κ1) is 17.9. The highest BCUT2D eigenvalue weighted by Gasteiger charge is 2.17. The summed E-state index contributed by atoms with van der Waals surface area (Å²) in [6.07, 6.45) is 2.67. The molecule has 0 saturated heterocycles. The summed E-state index contributed by atoms with van der Waals surface area (Å²) < 4.78 is 7.21. The molecule has 2 aromatic heterocycles. The fourth-order valence-corrected chi connectivity index (χ4v) is 2.57. The Labute approximate surface area is 155 Å². The van der Waals surface area contributed by atoms with Crippen molar-refractivity contribution in [2.24, 2.45) is 5.73 Å². The second-order valence-corrected chi connectivity index (χ2v) is 5.92. The average molecular weight is 360 g/mol. The summed E-state index contributed by atoms with van der Waals surface area (Å²) in [6.45, 7) is 3.67. The second kappa shape index (κ2) is 7.14. The second-order valence-electron chi connectivity index (χ2n) is 5.92. The number of aryl methyl sites for hydroxylation is 2. The number of para-hydroxylation sites is 1. The number of nitrogens with two attached hydrogens (primary N) is 1. The number of rotatable bonds is 4. The van der Waals surface area contributed by atoms with Crippen molar-refractivity contribution in [1.29, 1.82) is 5.26 Å². The molecule has 0 fully saturated rings. The fraction of sp³-hybridized carbons (Fsp3) is 0.100. The number of carbonyl (C=O) groups excluding carboxylic acids is 1. The van der Waals surface area contributed by atoms with E-state index < -0.39 is 11.5 Å². The Morgan fingerprint density at radius 2 is 1.93 bits per heavy atom. The maximum Gasteiger partial charge on any atom is 0.269 e. The molecular weight excluding hydrogens is 344 g/mol. The molecule has 134 valence electrons. The van der Waals surface area contributed by atoms with E-state index in [1.165, 1.54) is 4.40 Å². The van der Waals surface area contributed by atoms with Crippen LogP contribution in [0.5, 0.6) is 11.6 Å². The van der Waals surface area contributed by atoms with Crippen molar-refractivity contribution >= 4 is 17.6 Å².